The van der Waals surface area contributed by atoms with Crippen molar-refractivity contribution in [1.82, 2.24) is 0 Å². The number of hydrogen-bond acceptors (Lipinski definition) is 1. The number of benzene rings is 1. The zero-order valence-corrected chi connectivity index (χ0v) is 8.33. The molecule has 0 aliphatic heterocycles. The molecule has 1 aromatic carbocycles. The van der Waals surface area contributed by atoms with Gasteiger partial charge in [0.1, 0.15) is 5.75 Å². The molecule has 0 aliphatic carbocycles. The van der Waals surface area contributed by atoms with Gasteiger partial charge in [-0.1, -0.05) is 18.2 Å². The van der Waals surface area contributed by atoms with Crippen LogP contribution in [-0.4, -0.2) is 38.0 Å². The van der Waals surface area contributed by atoms with Gasteiger partial charge in [-0.05, 0) is 12.1 Å². The molecule has 10 heavy (non-hydrogen) atoms. The highest BCUT2D eigenvalue weighted by Gasteiger charge is 1.74. The maximum atomic E-state index is 8.63. The van der Waals surface area contributed by atoms with Crippen molar-refractivity contribution in [2.24, 2.45) is 0 Å². The average molecular weight is 178 g/mol. The third-order valence-corrected chi connectivity index (χ3v) is 0.756. The SMILES string of the molecule is Oc1ccccc1.[Si].[Si].[Si]. The molecule has 1 aromatic rings. The normalized spacial score (nSPS) is 6.00. The van der Waals surface area contributed by atoms with Gasteiger partial charge in [0.2, 0.25) is 0 Å². The van der Waals surface area contributed by atoms with Gasteiger partial charge in [-0.15, -0.1) is 0 Å². The molecule has 1 rings (SSSR count). The zero-order valence-electron chi connectivity index (χ0n) is 5.33. The second kappa shape index (κ2) is 8.67. The lowest BCUT2D eigenvalue weighted by atomic mass is 10.3. The van der Waals surface area contributed by atoms with Crippen molar-refractivity contribution in [2.75, 3.05) is 0 Å². The molecule has 1 nitrogen and oxygen atoms in total. The van der Waals surface area contributed by atoms with Crippen LogP contribution in [0.25, 0.3) is 0 Å². The van der Waals surface area contributed by atoms with E-state index in [9.17, 15) is 0 Å². The molecule has 1 N–H and O–H groups in total. The molecular formula is C6H6OSi3. The van der Waals surface area contributed by atoms with Crippen LogP contribution >= 0.6 is 0 Å². The Balaban J connectivity index is -0.000000163. The maximum absolute atomic E-state index is 8.63. The summed E-state index contributed by atoms with van der Waals surface area (Å²) in [4.78, 5) is 0. The van der Waals surface area contributed by atoms with Crippen molar-refractivity contribution < 1.29 is 5.11 Å². The predicted octanol–water partition coefficient (Wildman–Crippen LogP) is 0.250. The molecule has 12 radical (unpaired) electrons. The minimum atomic E-state index is 0. The predicted molar refractivity (Wildman–Crippen MR) is 45.4 cm³/mol. The first kappa shape index (κ1) is 16.3. The monoisotopic (exact) mass is 178 g/mol. The van der Waals surface area contributed by atoms with Gasteiger partial charge >= 0.3 is 0 Å². The van der Waals surface area contributed by atoms with E-state index in [-0.39, 0.29) is 32.9 Å². The van der Waals surface area contributed by atoms with Gasteiger partial charge < -0.3 is 5.11 Å². The van der Waals surface area contributed by atoms with E-state index in [0.717, 1.165) is 0 Å². The summed E-state index contributed by atoms with van der Waals surface area (Å²) >= 11 is 0. The number of aromatic hydroxyl groups is 1. The second-order valence-corrected chi connectivity index (χ2v) is 1.34. The lowest BCUT2D eigenvalue weighted by molar-refractivity contribution is 0.475. The van der Waals surface area contributed by atoms with Crippen LogP contribution in [0.1, 0.15) is 0 Å². The minimum absolute atomic E-state index is 0. The van der Waals surface area contributed by atoms with E-state index < -0.39 is 0 Å². The average Bonchev–Trinajstić information content (AvgIpc) is 1.69. The van der Waals surface area contributed by atoms with E-state index >= 15 is 0 Å². The molecule has 0 heterocycles. The highest BCUT2D eigenvalue weighted by molar-refractivity contribution is 5.76. The Morgan fingerprint density at radius 2 is 1.20 bits per heavy atom. The molecule has 4 heteroatoms. The van der Waals surface area contributed by atoms with Crippen LogP contribution in [0, 0.1) is 0 Å². The molecule has 0 spiro atoms. The van der Waals surface area contributed by atoms with Crippen LogP contribution in [0.4, 0.5) is 0 Å². The lowest BCUT2D eigenvalue weighted by Crippen LogP contribution is -1.56. The Morgan fingerprint density at radius 1 is 0.800 bits per heavy atom. The third kappa shape index (κ3) is 5.80. The fraction of sp³-hybridized carbons (Fsp3) is 0. The topological polar surface area (TPSA) is 20.2 Å². The van der Waals surface area contributed by atoms with Crippen LogP contribution in [0.3, 0.4) is 0 Å². The quantitative estimate of drug-likeness (QED) is 0.565. The van der Waals surface area contributed by atoms with Gasteiger partial charge in [0, 0.05) is 32.9 Å². The molecule has 0 saturated carbocycles. The molecule has 0 unspecified atom stereocenters. The first-order valence-electron chi connectivity index (χ1n) is 2.13. The molecule has 0 bridgehead atoms. The Morgan fingerprint density at radius 3 is 1.40 bits per heavy atom. The van der Waals surface area contributed by atoms with Gasteiger partial charge in [-0.3, -0.25) is 0 Å². The summed E-state index contributed by atoms with van der Waals surface area (Å²) in [6, 6.07) is 8.71. The Labute approximate surface area is 74.5 Å². The fourth-order valence-corrected chi connectivity index (χ4v) is 0.428. The summed E-state index contributed by atoms with van der Waals surface area (Å²) in [5.74, 6) is 0.322. The zero-order chi connectivity index (χ0) is 5.11. The van der Waals surface area contributed by atoms with E-state index in [1.807, 2.05) is 6.07 Å². The summed E-state index contributed by atoms with van der Waals surface area (Å²) in [7, 11) is 0. The number of para-hydroxylation sites is 1. The fourth-order valence-electron chi connectivity index (χ4n) is 0.428. The Bertz CT molecular complexity index is 143. The number of phenolic OH excluding ortho intramolecular Hbond substituents is 1. The van der Waals surface area contributed by atoms with Gasteiger partial charge in [-0.2, -0.15) is 0 Å². The first-order chi connectivity index (χ1) is 3.39. The summed E-state index contributed by atoms with van der Waals surface area (Å²) in [6.45, 7) is 0. The maximum Gasteiger partial charge on any atom is 0.115 e. The number of phenols is 1. The van der Waals surface area contributed by atoms with Crippen LogP contribution in [0.5, 0.6) is 5.75 Å². The van der Waals surface area contributed by atoms with Crippen molar-refractivity contribution in [3.8, 4) is 5.75 Å². The molecule has 48 valence electrons. The van der Waals surface area contributed by atoms with Gasteiger partial charge in [-0.25, -0.2) is 0 Å². The summed E-state index contributed by atoms with van der Waals surface area (Å²) < 4.78 is 0. The van der Waals surface area contributed by atoms with Gasteiger partial charge in [0.05, 0.1) is 0 Å². The highest BCUT2D eigenvalue weighted by atomic mass is 28.1. The van der Waals surface area contributed by atoms with E-state index in [0.29, 0.717) is 5.75 Å². The Hall–Kier alpha value is -0.329. The summed E-state index contributed by atoms with van der Waals surface area (Å²) in [5, 5.41) is 8.63. The van der Waals surface area contributed by atoms with Crippen LogP contribution < -0.4 is 0 Å². The molecular weight excluding hydrogens is 172 g/mol. The van der Waals surface area contributed by atoms with E-state index in [1.165, 1.54) is 0 Å². The smallest absolute Gasteiger partial charge is 0.115 e. The van der Waals surface area contributed by atoms with E-state index in [4.69, 9.17) is 5.11 Å². The van der Waals surface area contributed by atoms with Crippen molar-refractivity contribution >= 4 is 32.9 Å². The first-order valence-corrected chi connectivity index (χ1v) is 2.13. The van der Waals surface area contributed by atoms with Crippen molar-refractivity contribution in [1.29, 1.82) is 0 Å². The number of hydrogen-bond donors (Lipinski definition) is 1. The lowest BCUT2D eigenvalue weighted by Gasteiger charge is -1.82. The molecule has 0 aromatic heterocycles. The molecule has 0 aliphatic rings. The minimum Gasteiger partial charge on any atom is -0.508 e. The highest BCUT2D eigenvalue weighted by Crippen LogP contribution is 2.02. The van der Waals surface area contributed by atoms with Crippen LogP contribution in [0.2, 0.25) is 0 Å². The Kier molecular flexibility index (Phi) is 14.2. The van der Waals surface area contributed by atoms with Crippen molar-refractivity contribution in [3.63, 3.8) is 0 Å². The largest absolute Gasteiger partial charge is 0.508 e. The standard InChI is InChI=1S/C6H6O.3Si/c7-6-4-2-1-3-5-6;;;/h1-5,7H;;;. The third-order valence-electron chi connectivity index (χ3n) is 0.756. The molecule has 0 fully saturated rings. The summed E-state index contributed by atoms with van der Waals surface area (Å²) in [5.41, 5.74) is 0. The van der Waals surface area contributed by atoms with Gasteiger partial charge in [0.25, 0.3) is 0 Å². The van der Waals surface area contributed by atoms with Crippen LogP contribution in [-0.2, 0) is 0 Å². The summed E-state index contributed by atoms with van der Waals surface area (Å²) in [6.07, 6.45) is 0. The molecule has 0 amide bonds. The molecule has 0 saturated heterocycles. The molecule has 0 atom stereocenters. The van der Waals surface area contributed by atoms with E-state index in [2.05, 4.69) is 0 Å². The van der Waals surface area contributed by atoms with Crippen LogP contribution in [0.15, 0.2) is 30.3 Å². The van der Waals surface area contributed by atoms with Gasteiger partial charge in [0.15, 0.2) is 0 Å². The second-order valence-electron chi connectivity index (χ2n) is 1.34. The number of rotatable bonds is 0. The van der Waals surface area contributed by atoms with E-state index in [1.54, 1.807) is 24.3 Å². The van der Waals surface area contributed by atoms with Crippen molar-refractivity contribution in [2.45, 2.75) is 0 Å². The van der Waals surface area contributed by atoms with Crippen molar-refractivity contribution in [3.05, 3.63) is 30.3 Å².